The minimum absolute atomic E-state index is 0.207. The number of hydrogen-bond acceptors (Lipinski definition) is 10. The van der Waals surface area contributed by atoms with Crippen molar-refractivity contribution < 1.29 is 65.0 Å². The van der Waals surface area contributed by atoms with Gasteiger partial charge in [-0.05, 0) is 0 Å². The number of hydrogen-bond donors (Lipinski definition) is 6. The lowest BCUT2D eigenvalue weighted by atomic mass is 10.1. The van der Waals surface area contributed by atoms with Crippen molar-refractivity contribution in [2.24, 2.45) is 0 Å². The molecule has 1 aliphatic carbocycles. The predicted molar refractivity (Wildman–Crippen MR) is 93.0 cm³/mol. The molecule has 2 aliphatic rings. The topological polar surface area (TPSA) is 244 Å². The first-order chi connectivity index (χ1) is 14.3. The summed E-state index contributed by atoms with van der Waals surface area (Å²) in [4.78, 5) is 60.3. The van der Waals surface area contributed by atoms with Gasteiger partial charge in [0, 0.05) is 12.3 Å². The summed E-state index contributed by atoms with van der Waals surface area (Å²) in [5, 5.41) is 10.5. The quantitative estimate of drug-likeness (QED) is 0.177. The molecular weight excluding hydrogens is 515 g/mol. The van der Waals surface area contributed by atoms with Crippen LogP contribution in [0, 0.1) is 0 Å². The highest BCUT2D eigenvalue weighted by molar-refractivity contribution is 7.66. The predicted octanol–water partition coefficient (Wildman–Crippen LogP) is -0.918. The lowest BCUT2D eigenvalue weighted by molar-refractivity contribution is -0.198. The summed E-state index contributed by atoms with van der Waals surface area (Å²) >= 11 is 0. The maximum absolute atomic E-state index is 15.0. The van der Waals surface area contributed by atoms with Gasteiger partial charge in [-0.2, -0.15) is 17.4 Å². The van der Waals surface area contributed by atoms with Crippen LogP contribution in [0.4, 0.5) is 8.78 Å². The first-order valence-electron chi connectivity index (χ1n) is 7.87. The fraction of sp³-hybridized carbons (Fsp3) is 0.455. The summed E-state index contributed by atoms with van der Waals surface area (Å²) in [6, 6.07) is 0.693. The van der Waals surface area contributed by atoms with Gasteiger partial charge in [0.05, 0.1) is 0 Å². The maximum Gasteiger partial charge on any atom is 0.490 e. The van der Waals surface area contributed by atoms with Crippen molar-refractivity contribution in [2.75, 3.05) is 0 Å². The van der Waals surface area contributed by atoms with Gasteiger partial charge >= 0.3 is 35.1 Å². The van der Waals surface area contributed by atoms with Crippen LogP contribution in [-0.4, -0.2) is 57.5 Å². The molecule has 1 aliphatic heterocycles. The lowest BCUT2D eigenvalue weighted by Crippen LogP contribution is -2.47. The third kappa shape index (κ3) is 3.92. The Labute approximate surface area is 174 Å². The van der Waals surface area contributed by atoms with Crippen LogP contribution < -0.4 is 11.2 Å². The number of alkyl halides is 2. The van der Waals surface area contributed by atoms with Crippen molar-refractivity contribution in [3.63, 3.8) is 0 Å². The summed E-state index contributed by atoms with van der Waals surface area (Å²) in [6.07, 6.45) is -3.88. The van der Waals surface area contributed by atoms with Crippen molar-refractivity contribution in [1.82, 2.24) is 9.55 Å². The Morgan fingerprint density at radius 3 is 2.22 bits per heavy atom. The van der Waals surface area contributed by atoms with Crippen LogP contribution in [0.2, 0.25) is 0 Å². The Balaban J connectivity index is 1.90. The largest absolute Gasteiger partial charge is 0.490 e. The Morgan fingerprint density at radius 2 is 1.75 bits per heavy atom. The van der Waals surface area contributed by atoms with Crippen LogP contribution in [0.15, 0.2) is 34.5 Å². The van der Waals surface area contributed by atoms with Crippen molar-refractivity contribution in [2.45, 2.75) is 29.5 Å². The third-order valence-corrected chi connectivity index (χ3v) is 8.27. The number of aliphatic hydroxyl groups is 1. The zero-order chi connectivity index (χ0) is 24.5. The van der Waals surface area contributed by atoms with Crippen LogP contribution in [0.3, 0.4) is 0 Å². The summed E-state index contributed by atoms with van der Waals surface area (Å²) in [7, 11) is -17.6. The smallest absolute Gasteiger partial charge is 0.378 e. The third-order valence-electron chi connectivity index (χ3n) is 4.47. The van der Waals surface area contributed by atoms with Crippen LogP contribution in [0.25, 0.3) is 0 Å². The number of halogens is 2. The van der Waals surface area contributed by atoms with Crippen LogP contribution in [-0.2, 0) is 31.6 Å². The Kier molecular flexibility index (Phi) is 5.76. The van der Waals surface area contributed by atoms with Gasteiger partial charge < -0.3 is 29.4 Å². The summed E-state index contributed by atoms with van der Waals surface area (Å²) < 4.78 is 80.4. The fourth-order valence-electron chi connectivity index (χ4n) is 3.20. The molecule has 1 saturated heterocycles. The molecule has 0 spiro atoms. The molecular formula is C11H13F2N2O14P3. The molecule has 3 unspecified atom stereocenters. The highest BCUT2D eigenvalue weighted by Gasteiger charge is 2.96. The van der Waals surface area contributed by atoms with Gasteiger partial charge in [0.15, 0.2) is 11.2 Å². The highest BCUT2D eigenvalue weighted by Crippen LogP contribution is 2.75. The minimum atomic E-state index is -5.97. The van der Waals surface area contributed by atoms with Crippen molar-refractivity contribution in [1.29, 1.82) is 0 Å². The summed E-state index contributed by atoms with van der Waals surface area (Å²) in [6.45, 7) is 3.15. The highest BCUT2D eigenvalue weighted by atomic mass is 31.3. The summed E-state index contributed by atoms with van der Waals surface area (Å²) in [5.74, 6) is -4.46. The maximum atomic E-state index is 15.0. The van der Waals surface area contributed by atoms with Gasteiger partial charge in [0.1, 0.15) is 6.10 Å². The molecule has 0 amide bonds. The van der Waals surface area contributed by atoms with E-state index in [1.807, 2.05) is 0 Å². The molecule has 2 heterocycles. The van der Waals surface area contributed by atoms with E-state index in [9.17, 15) is 33.3 Å². The second kappa shape index (κ2) is 7.30. The van der Waals surface area contributed by atoms with Crippen LogP contribution in [0.5, 0.6) is 0 Å². The monoisotopic (exact) mass is 528 g/mol. The zero-order valence-corrected chi connectivity index (χ0v) is 17.7. The SMILES string of the molecule is C=C[C@]12O[C@@H](n3ccc(=O)[nH]c3=O)C(F)(F)[C@@]1(O)C2OP(=O)(O)OP(=O)(O)OP(=O)(O)O. The van der Waals surface area contributed by atoms with E-state index in [0.29, 0.717) is 18.3 Å². The molecule has 21 heteroatoms. The van der Waals surface area contributed by atoms with Gasteiger partial charge in [-0.25, -0.2) is 18.5 Å². The molecule has 2 fully saturated rings. The molecule has 32 heavy (non-hydrogen) atoms. The van der Waals surface area contributed by atoms with Crippen molar-refractivity contribution in [3.8, 4) is 0 Å². The average molecular weight is 528 g/mol. The van der Waals surface area contributed by atoms with Crippen molar-refractivity contribution in [3.05, 3.63) is 45.8 Å². The molecule has 1 aromatic rings. The van der Waals surface area contributed by atoms with E-state index in [4.69, 9.17) is 19.4 Å². The Bertz CT molecular complexity index is 1220. The first kappa shape index (κ1) is 25.2. The van der Waals surface area contributed by atoms with E-state index < -0.39 is 64.2 Å². The zero-order valence-electron chi connectivity index (χ0n) is 15.0. The van der Waals surface area contributed by atoms with Gasteiger partial charge in [0.25, 0.3) is 5.56 Å². The molecule has 3 rings (SSSR count). The molecule has 180 valence electrons. The van der Waals surface area contributed by atoms with E-state index in [2.05, 4.69) is 19.7 Å². The number of aromatic amines is 1. The van der Waals surface area contributed by atoms with E-state index in [-0.39, 0.29) is 4.57 Å². The lowest BCUT2D eigenvalue weighted by Gasteiger charge is -2.27. The number of nitrogens with zero attached hydrogens (tertiary/aromatic N) is 1. The summed E-state index contributed by atoms with van der Waals surface area (Å²) in [5.41, 5.74) is -8.42. The molecule has 0 bridgehead atoms. The molecule has 16 nitrogen and oxygen atoms in total. The molecule has 1 aromatic heterocycles. The Hall–Kier alpha value is -1.39. The number of ether oxygens (including phenoxy) is 1. The molecule has 0 aromatic carbocycles. The van der Waals surface area contributed by atoms with Crippen molar-refractivity contribution >= 4 is 23.5 Å². The molecule has 6 N–H and O–H groups in total. The van der Waals surface area contributed by atoms with Gasteiger partial charge in [-0.1, -0.05) is 6.08 Å². The molecule has 1 saturated carbocycles. The van der Waals surface area contributed by atoms with Crippen LogP contribution in [0.1, 0.15) is 6.23 Å². The minimum Gasteiger partial charge on any atom is -0.378 e. The molecule has 0 radical (unpaired) electrons. The number of phosphoric ester groups is 1. The van der Waals surface area contributed by atoms with E-state index in [0.717, 1.165) is 0 Å². The number of phosphoric acid groups is 3. The fourth-order valence-corrected chi connectivity index (χ4v) is 6.43. The van der Waals surface area contributed by atoms with Crippen LogP contribution >= 0.6 is 23.5 Å². The normalized spacial score (nSPS) is 34.8. The second-order valence-electron chi connectivity index (χ2n) is 6.45. The number of nitrogens with one attached hydrogen (secondary N) is 1. The average Bonchev–Trinajstić information content (AvgIpc) is 3.00. The Morgan fingerprint density at radius 1 is 1.16 bits per heavy atom. The van der Waals surface area contributed by atoms with E-state index >= 15 is 8.78 Å². The van der Waals surface area contributed by atoms with E-state index in [1.165, 1.54) is 0 Å². The number of H-pyrrole nitrogens is 1. The standard InChI is InChI=1S/C11H13F2N2O14P3/c1-2-9-6(27-31(22,23)29-32(24,25)28-30(19,20)21)10(9,18)11(12,13)7(26-9)15-4-3-5(16)14-8(15)17/h2-4,6-7,18H,1H2,(H,22,23)(H,24,25)(H,14,16,17)(H2,19,20,21)/t6?,7-,9-,10-/m1/s1. The van der Waals surface area contributed by atoms with E-state index in [1.54, 1.807) is 4.98 Å². The van der Waals surface area contributed by atoms with Gasteiger partial charge in [-0.15, -0.1) is 6.58 Å². The number of rotatable bonds is 8. The molecule has 6 atom stereocenters. The first-order valence-corrected chi connectivity index (χ1v) is 12.4. The number of fused-ring (bicyclic) bond motifs is 1. The second-order valence-corrected chi connectivity index (χ2v) is 10.8. The van der Waals surface area contributed by atoms with Gasteiger partial charge in [0.2, 0.25) is 6.23 Å². The van der Waals surface area contributed by atoms with Gasteiger partial charge in [-0.3, -0.25) is 18.9 Å². The number of aromatic nitrogens is 2.